The molecule has 174 valence electrons. The third-order valence-corrected chi connectivity index (χ3v) is 7.21. The van der Waals surface area contributed by atoms with Crippen LogP contribution in [-0.4, -0.2) is 40.7 Å². The third-order valence-electron chi connectivity index (χ3n) is 5.00. The Morgan fingerprint density at radius 3 is 2.79 bits per heavy atom. The Balaban J connectivity index is 1.59. The van der Waals surface area contributed by atoms with Crippen LogP contribution in [0.1, 0.15) is 30.5 Å². The predicted octanol–water partition coefficient (Wildman–Crippen LogP) is 5.81. The minimum absolute atomic E-state index is 0.0436. The van der Waals surface area contributed by atoms with E-state index in [1.165, 1.54) is 12.3 Å². The number of aliphatic carboxylic acids is 1. The molecule has 0 atom stereocenters. The zero-order valence-corrected chi connectivity index (χ0v) is 20.3. The fraction of sp³-hybridized carbons (Fsp3) is 0.238. The number of rotatable bonds is 7. The smallest absolute Gasteiger partial charge is 0.305 e. The highest BCUT2D eigenvalue weighted by Crippen LogP contribution is 2.51. The van der Waals surface area contributed by atoms with Crippen LogP contribution in [-0.2, 0) is 17.8 Å². The summed E-state index contributed by atoms with van der Waals surface area (Å²) in [5.74, 6) is -0.269. The number of hydrogen-bond donors (Lipinski definition) is 3. The van der Waals surface area contributed by atoms with Crippen LogP contribution >= 0.6 is 38.3 Å². The fourth-order valence-electron chi connectivity index (χ4n) is 3.43. The van der Waals surface area contributed by atoms with Crippen molar-refractivity contribution in [3.63, 3.8) is 0 Å². The van der Waals surface area contributed by atoms with Gasteiger partial charge in [0.15, 0.2) is 0 Å². The number of hydrogen-bond acceptors (Lipinski definition) is 7. The second kappa shape index (κ2) is 9.82. The van der Waals surface area contributed by atoms with Crippen LogP contribution < -0.4 is 4.74 Å². The number of aryl methyl sites for hydroxylation is 1. The van der Waals surface area contributed by atoms with E-state index in [-0.39, 0.29) is 23.7 Å². The highest BCUT2D eigenvalue weighted by Gasteiger charge is 2.25. The van der Waals surface area contributed by atoms with E-state index in [9.17, 15) is 13.9 Å². The van der Waals surface area contributed by atoms with E-state index in [1.807, 2.05) is 0 Å². The van der Waals surface area contributed by atoms with Crippen molar-refractivity contribution in [2.24, 2.45) is 4.40 Å². The number of fused-ring (bicyclic) bond motifs is 1. The lowest BCUT2D eigenvalue weighted by atomic mass is 9.96. The predicted molar refractivity (Wildman–Crippen MR) is 129 cm³/mol. The summed E-state index contributed by atoms with van der Waals surface area (Å²) in [5, 5.41) is 13.6. The van der Waals surface area contributed by atoms with Crippen molar-refractivity contribution in [2.75, 3.05) is 0 Å². The minimum atomic E-state index is -3.56. The van der Waals surface area contributed by atoms with E-state index in [2.05, 4.69) is 30.4 Å². The largest absolute Gasteiger partial charge is 0.481 e. The van der Waals surface area contributed by atoms with Gasteiger partial charge in [-0.1, -0.05) is 34.5 Å². The molecule has 0 saturated heterocycles. The van der Waals surface area contributed by atoms with Gasteiger partial charge >= 0.3 is 5.97 Å². The van der Waals surface area contributed by atoms with Gasteiger partial charge in [0.2, 0.25) is 5.88 Å². The Kier molecular flexibility index (Phi) is 7.05. The molecule has 0 radical (unpaired) electrons. The topological polar surface area (TPSA) is 130 Å². The molecule has 2 aromatic heterocycles. The van der Waals surface area contributed by atoms with Gasteiger partial charge in [0, 0.05) is 11.3 Å². The molecule has 1 aliphatic rings. The van der Waals surface area contributed by atoms with E-state index in [4.69, 9.17) is 21.4 Å². The van der Waals surface area contributed by atoms with Crippen molar-refractivity contribution in [1.82, 2.24) is 14.8 Å². The van der Waals surface area contributed by atoms with Crippen LogP contribution in [0.5, 0.6) is 11.6 Å². The van der Waals surface area contributed by atoms with Gasteiger partial charge in [0.05, 0.1) is 40.6 Å². The minimum Gasteiger partial charge on any atom is -0.481 e. The number of benzene rings is 1. The SMILES string of the molecule is O=C(O)CCn1ncc2c1CCCC2=NS(O)(O)c1cnc(Oc2ccccc2Cl)c(Br)c1. The van der Waals surface area contributed by atoms with Crippen molar-refractivity contribution in [2.45, 2.75) is 37.1 Å². The summed E-state index contributed by atoms with van der Waals surface area (Å²) in [5.41, 5.74) is 2.07. The molecule has 1 aromatic carbocycles. The van der Waals surface area contributed by atoms with E-state index in [0.29, 0.717) is 39.4 Å². The Morgan fingerprint density at radius 1 is 1.27 bits per heavy atom. The number of pyridine rings is 1. The quantitative estimate of drug-likeness (QED) is 0.335. The molecule has 0 aliphatic heterocycles. The number of halogens is 2. The summed E-state index contributed by atoms with van der Waals surface area (Å²) < 4.78 is 33.7. The first-order valence-corrected chi connectivity index (χ1v) is 12.6. The van der Waals surface area contributed by atoms with Gasteiger partial charge in [-0.15, -0.1) is 0 Å². The number of carbonyl (C=O) groups is 1. The third kappa shape index (κ3) is 5.39. The Morgan fingerprint density at radius 2 is 2.06 bits per heavy atom. The van der Waals surface area contributed by atoms with Crippen molar-refractivity contribution < 1.29 is 23.7 Å². The van der Waals surface area contributed by atoms with Crippen LogP contribution in [0.2, 0.25) is 5.02 Å². The van der Waals surface area contributed by atoms with E-state index < -0.39 is 16.7 Å². The fourth-order valence-corrected chi connectivity index (χ4v) is 5.26. The highest BCUT2D eigenvalue weighted by atomic mass is 79.9. The van der Waals surface area contributed by atoms with Crippen molar-refractivity contribution in [3.05, 3.63) is 63.5 Å². The molecule has 0 bridgehead atoms. The average Bonchev–Trinajstić information content (AvgIpc) is 3.19. The molecule has 0 amide bonds. The molecule has 0 unspecified atom stereocenters. The molecule has 2 heterocycles. The molecule has 9 nitrogen and oxygen atoms in total. The maximum absolute atomic E-state index is 10.9. The van der Waals surface area contributed by atoms with Crippen molar-refractivity contribution in [3.8, 4) is 11.6 Å². The second-order valence-corrected chi connectivity index (χ2v) is 10.2. The lowest BCUT2D eigenvalue weighted by molar-refractivity contribution is -0.137. The summed E-state index contributed by atoms with van der Waals surface area (Å²) in [4.78, 5) is 15.2. The first kappa shape index (κ1) is 23.7. The monoisotopic (exact) mass is 554 g/mol. The maximum atomic E-state index is 10.9. The van der Waals surface area contributed by atoms with Crippen molar-refractivity contribution >= 4 is 50.0 Å². The summed E-state index contributed by atoms with van der Waals surface area (Å²) in [7, 11) is -3.56. The zero-order chi connectivity index (χ0) is 23.6. The number of aromatic nitrogens is 3. The van der Waals surface area contributed by atoms with Gasteiger partial charge in [0.25, 0.3) is 0 Å². The van der Waals surface area contributed by atoms with E-state index in [1.54, 1.807) is 35.1 Å². The number of nitrogens with zero attached hydrogens (tertiary/aromatic N) is 4. The molecular formula is C21H20BrClN4O5S. The highest BCUT2D eigenvalue weighted by molar-refractivity contribution is 9.10. The lowest BCUT2D eigenvalue weighted by Gasteiger charge is -2.29. The molecule has 3 aromatic rings. The maximum Gasteiger partial charge on any atom is 0.305 e. The molecule has 3 N–H and O–H groups in total. The summed E-state index contributed by atoms with van der Waals surface area (Å²) in [6, 6.07) is 8.44. The average molecular weight is 556 g/mol. The number of carboxylic acids is 1. The normalized spacial score (nSPS) is 15.3. The lowest BCUT2D eigenvalue weighted by Crippen LogP contribution is -2.16. The molecule has 1 aliphatic carbocycles. The van der Waals surface area contributed by atoms with Gasteiger partial charge < -0.3 is 9.84 Å². The van der Waals surface area contributed by atoms with E-state index >= 15 is 0 Å². The number of ether oxygens (including phenoxy) is 1. The summed E-state index contributed by atoms with van der Waals surface area (Å²) in [6.07, 6.45) is 4.87. The summed E-state index contributed by atoms with van der Waals surface area (Å²) >= 11 is 9.48. The standard InChI is InChI=1S/C21H20BrClN4O5S/c22-15-10-13(11-24-21(15)32-19-7-2-1-4-16(19)23)33(30,31)26-17-5-3-6-18-14(17)12-25-27(18)9-8-20(28)29/h1-2,4,7,10-12,30-31H,3,5-6,8-9H2,(H,28,29). The van der Waals surface area contributed by atoms with Crippen LogP contribution in [0, 0.1) is 0 Å². The number of carboxylic acid groups (broad SMARTS) is 1. The van der Waals surface area contributed by atoms with Crippen LogP contribution in [0.15, 0.2) is 56.5 Å². The van der Waals surface area contributed by atoms with Gasteiger partial charge in [0.1, 0.15) is 10.6 Å². The molecule has 12 heteroatoms. The Bertz CT molecular complexity index is 1230. The zero-order valence-electron chi connectivity index (χ0n) is 17.2. The first-order valence-electron chi connectivity index (χ1n) is 9.96. The van der Waals surface area contributed by atoms with Crippen LogP contribution in [0.25, 0.3) is 0 Å². The van der Waals surface area contributed by atoms with Gasteiger partial charge in [-0.05, 0) is 53.4 Å². The molecular weight excluding hydrogens is 536 g/mol. The first-order chi connectivity index (χ1) is 15.7. The second-order valence-electron chi connectivity index (χ2n) is 7.27. The van der Waals surface area contributed by atoms with Gasteiger partial charge in [-0.3, -0.25) is 18.6 Å². The summed E-state index contributed by atoms with van der Waals surface area (Å²) in [6.45, 7) is 0.248. The molecule has 4 rings (SSSR count). The van der Waals surface area contributed by atoms with E-state index in [0.717, 1.165) is 12.1 Å². The van der Waals surface area contributed by atoms with Crippen LogP contribution in [0.4, 0.5) is 0 Å². The van der Waals surface area contributed by atoms with Gasteiger partial charge in [-0.25, -0.2) is 4.98 Å². The Hall–Kier alpha value is -2.44. The Labute approximate surface area is 204 Å². The van der Waals surface area contributed by atoms with Crippen molar-refractivity contribution in [1.29, 1.82) is 0 Å². The molecule has 0 fully saturated rings. The van der Waals surface area contributed by atoms with Gasteiger partial charge in [-0.2, -0.15) is 9.50 Å². The van der Waals surface area contributed by atoms with Crippen LogP contribution in [0.3, 0.4) is 0 Å². The molecule has 0 spiro atoms. The number of para-hydroxylation sites is 1. The molecule has 33 heavy (non-hydrogen) atoms. The molecule has 0 saturated carbocycles.